The Bertz CT molecular complexity index is 537. The molecule has 1 atom stereocenters. The van der Waals surface area contributed by atoms with E-state index in [2.05, 4.69) is 4.90 Å². The van der Waals surface area contributed by atoms with Gasteiger partial charge >= 0.3 is 0 Å². The van der Waals surface area contributed by atoms with E-state index in [1.807, 2.05) is 13.8 Å². The highest BCUT2D eigenvalue weighted by atomic mass is 32.1. The number of hydrogen-bond acceptors (Lipinski definition) is 4. The zero-order chi connectivity index (χ0) is 14.5. The molecule has 0 spiro atoms. The van der Waals surface area contributed by atoms with Crippen LogP contribution in [-0.4, -0.2) is 43.3 Å². The van der Waals surface area contributed by atoms with E-state index in [1.165, 1.54) is 16.7 Å². The average molecular weight is 298 g/mol. The zero-order valence-corrected chi connectivity index (χ0v) is 12.8. The molecule has 1 amide bonds. The molecule has 0 aliphatic carbocycles. The van der Waals surface area contributed by atoms with Crippen LogP contribution in [0.5, 0.6) is 0 Å². The standard InChI is InChI=1S/C14H19FN2O2S/c1-9-10(15)8-20-11(9)17-12(14(2,3)13(17)18)16-4-6-19-7-5-16/h8,12H,4-7H2,1-3H3. The fourth-order valence-electron chi connectivity index (χ4n) is 3.06. The Morgan fingerprint density at radius 1 is 1.40 bits per heavy atom. The summed E-state index contributed by atoms with van der Waals surface area (Å²) in [5.41, 5.74) is 0.140. The van der Waals surface area contributed by atoms with E-state index >= 15 is 0 Å². The van der Waals surface area contributed by atoms with Gasteiger partial charge in [0, 0.05) is 24.0 Å². The Labute approximate surface area is 122 Å². The molecule has 3 rings (SSSR count). The van der Waals surface area contributed by atoms with Gasteiger partial charge in [-0.2, -0.15) is 0 Å². The first-order chi connectivity index (χ1) is 9.44. The van der Waals surface area contributed by atoms with Crippen molar-refractivity contribution in [3.63, 3.8) is 0 Å². The molecule has 0 radical (unpaired) electrons. The van der Waals surface area contributed by atoms with Crippen molar-refractivity contribution in [3.05, 3.63) is 16.8 Å². The molecule has 1 aromatic heterocycles. The summed E-state index contributed by atoms with van der Waals surface area (Å²) in [6.07, 6.45) is -0.00403. The van der Waals surface area contributed by atoms with Gasteiger partial charge in [0.25, 0.3) is 0 Å². The minimum Gasteiger partial charge on any atom is -0.379 e. The van der Waals surface area contributed by atoms with Crippen LogP contribution in [0.15, 0.2) is 5.38 Å². The molecule has 0 aromatic carbocycles. The molecular weight excluding hydrogens is 279 g/mol. The number of halogens is 1. The van der Waals surface area contributed by atoms with Crippen molar-refractivity contribution in [3.8, 4) is 0 Å². The van der Waals surface area contributed by atoms with E-state index in [0.717, 1.165) is 18.1 Å². The first-order valence-corrected chi connectivity index (χ1v) is 7.71. The summed E-state index contributed by atoms with van der Waals surface area (Å²) in [6, 6.07) is 0. The van der Waals surface area contributed by atoms with E-state index in [-0.39, 0.29) is 17.9 Å². The summed E-state index contributed by atoms with van der Waals surface area (Å²) >= 11 is 1.30. The van der Waals surface area contributed by atoms with Crippen molar-refractivity contribution in [1.82, 2.24) is 4.90 Å². The summed E-state index contributed by atoms with van der Waals surface area (Å²) in [5.74, 6) is -0.165. The van der Waals surface area contributed by atoms with Gasteiger partial charge < -0.3 is 4.74 Å². The fourth-order valence-corrected chi connectivity index (χ4v) is 4.02. The normalized spacial score (nSPS) is 26.7. The number of thiophene rings is 1. The first-order valence-electron chi connectivity index (χ1n) is 6.83. The molecule has 0 saturated carbocycles. The Kier molecular flexibility index (Phi) is 3.35. The van der Waals surface area contributed by atoms with Gasteiger partial charge in [0.2, 0.25) is 5.91 Å². The van der Waals surface area contributed by atoms with Crippen molar-refractivity contribution in [2.24, 2.45) is 5.41 Å². The third-order valence-electron chi connectivity index (χ3n) is 4.22. The van der Waals surface area contributed by atoms with Crippen LogP contribution in [0, 0.1) is 18.2 Å². The van der Waals surface area contributed by atoms with Crippen molar-refractivity contribution >= 4 is 22.2 Å². The molecule has 2 fully saturated rings. The highest BCUT2D eigenvalue weighted by Crippen LogP contribution is 2.47. The number of amides is 1. The molecular formula is C14H19FN2O2S. The SMILES string of the molecule is Cc1c(F)csc1N1C(=O)C(C)(C)C1N1CCOCC1. The topological polar surface area (TPSA) is 32.8 Å². The number of ether oxygens (including phenoxy) is 1. The largest absolute Gasteiger partial charge is 0.379 e. The van der Waals surface area contributed by atoms with Gasteiger partial charge in [0.05, 0.1) is 18.6 Å². The Morgan fingerprint density at radius 3 is 2.60 bits per heavy atom. The third kappa shape index (κ3) is 1.89. The molecule has 2 saturated heterocycles. The van der Waals surface area contributed by atoms with Crippen molar-refractivity contribution in [2.45, 2.75) is 26.9 Å². The molecule has 1 aromatic rings. The van der Waals surface area contributed by atoms with Crippen molar-refractivity contribution < 1.29 is 13.9 Å². The van der Waals surface area contributed by atoms with E-state index in [9.17, 15) is 9.18 Å². The lowest BCUT2D eigenvalue weighted by Crippen LogP contribution is -2.74. The zero-order valence-electron chi connectivity index (χ0n) is 12.0. The molecule has 2 aliphatic heterocycles. The number of anilines is 1. The maximum atomic E-state index is 13.6. The minimum atomic E-state index is -0.426. The number of carbonyl (C=O) groups is 1. The van der Waals surface area contributed by atoms with Gasteiger partial charge in [-0.05, 0) is 20.8 Å². The van der Waals surface area contributed by atoms with Gasteiger partial charge in [-0.1, -0.05) is 0 Å². The van der Waals surface area contributed by atoms with Crippen molar-refractivity contribution in [1.29, 1.82) is 0 Å². The maximum absolute atomic E-state index is 13.6. The Hall–Kier alpha value is -0.980. The molecule has 0 bridgehead atoms. The smallest absolute Gasteiger partial charge is 0.238 e. The molecule has 3 heterocycles. The minimum absolute atomic E-state index is 0.00403. The predicted molar refractivity (Wildman–Crippen MR) is 76.5 cm³/mol. The van der Waals surface area contributed by atoms with E-state index in [4.69, 9.17) is 4.74 Å². The molecule has 20 heavy (non-hydrogen) atoms. The molecule has 6 heteroatoms. The molecule has 1 unspecified atom stereocenters. The average Bonchev–Trinajstić information content (AvgIpc) is 2.76. The Morgan fingerprint density at radius 2 is 2.05 bits per heavy atom. The number of carbonyl (C=O) groups excluding carboxylic acids is 1. The quantitative estimate of drug-likeness (QED) is 0.785. The highest BCUT2D eigenvalue weighted by molar-refractivity contribution is 7.14. The van der Waals surface area contributed by atoms with Crippen LogP contribution >= 0.6 is 11.3 Å². The second-order valence-corrected chi connectivity index (χ2v) is 6.79. The number of β-lactam (4-membered cyclic amide) rings is 1. The van der Waals surface area contributed by atoms with Crippen LogP contribution in [0.4, 0.5) is 9.39 Å². The number of morpholine rings is 1. The van der Waals surface area contributed by atoms with Gasteiger partial charge in [-0.15, -0.1) is 11.3 Å². The predicted octanol–water partition coefficient (Wildman–Crippen LogP) is 2.23. The lowest BCUT2D eigenvalue weighted by atomic mass is 9.77. The summed E-state index contributed by atoms with van der Waals surface area (Å²) in [6.45, 7) is 8.65. The first kappa shape index (κ1) is 14.0. The van der Waals surface area contributed by atoms with Crippen LogP contribution in [0.3, 0.4) is 0 Å². The number of nitrogens with zero attached hydrogens (tertiary/aromatic N) is 2. The van der Waals surface area contributed by atoms with E-state index in [0.29, 0.717) is 18.8 Å². The van der Waals surface area contributed by atoms with Crippen LogP contribution in [0.25, 0.3) is 0 Å². The van der Waals surface area contributed by atoms with Crippen LogP contribution < -0.4 is 4.90 Å². The fraction of sp³-hybridized carbons (Fsp3) is 0.643. The summed E-state index contributed by atoms with van der Waals surface area (Å²) < 4.78 is 19.0. The highest BCUT2D eigenvalue weighted by Gasteiger charge is 2.58. The maximum Gasteiger partial charge on any atom is 0.238 e. The summed E-state index contributed by atoms with van der Waals surface area (Å²) in [7, 11) is 0. The molecule has 110 valence electrons. The monoisotopic (exact) mass is 298 g/mol. The van der Waals surface area contributed by atoms with E-state index < -0.39 is 5.41 Å². The van der Waals surface area contributed by atoms with Crippen LogP contribution in [-0.2, 0) is 9.53 Å². The van der Waals surface area contributed by atoms with Gasteiger partial charge in [-0.25, -0.2) is 4.39 Å². The van der Waals surface area contributed by atoms with E-state index in [1.54, 1.807) is 11.8 Å². The molecule has 4 nitrogen and oxygen atoms in total. The van der Waals surface area contributed by atoms with Gasteiger partial charge in [0.15, 0.2) is 0 Å². The third-order valence-corrected chi connectivity index (χ3v) is 5.27. The number of hydrogen-bond donors (Lipinski definition) is 0. The second-order valence-electron chi connectivity index (χ2n) is 5.93. The van der Waals surface area contributed by atoms with Crippen LogP contribution in [0.1, 0.15) is 19.4 Å². The second kappa shape index (κ2) is 4.79. The summed E-state index contributed by atoms with van der Waals surface area (Å²) in [4.78, 5) is 16.5. The molecule has 2 aliphatic rings. The van der Waals surface area contributed by atoms with Gasteiger partial charge in [0.1, 0.15) is 17.0 Å². The number of rotatable bonds is 2. The summed E-state index contributed by atoms with van der Waals surface area (Å²) in [5, 5.41) is 2.21. The van der Waals surface area contributed by atoms with Gasteiger partial charge in [-0.3, -0.25) is 14.6 Å². The van der Waals surface area contributed by atoms with Crippen molar-refractivity contribution in [2.75, 3.05) is 31.2 Å². The van der Waals surface area contributed by atoms with Crippen LogP contribution in [0.2, 0.25) is 0 Å². The Balaban J connectivity index is 1.92. The lowest BCUT2D eigenvalue weighted by Gasteiger charge is -2.57. The molecule has 0 N–H and O–H groups in total. The lowest BCUT2D eigenvalue weighted by molar-refractivity contribution is -0.147.